The molecule has 1 amide bonds. The van der Waals surface area contributed by atoms with Crippen molar-refractivity contribution in [1.29, 1.82) is 0 Å². The van der Waals surface area contributed by atoms with E-state index < -0.39 is 0 Å². The van der Waals surface area contributed by atoms with Gasteiger partial charge in [0.15, 0.2) is 5.13 Å². The fraction of sp³-hybridized carbons (Fsp3) is 0.136. The largest absolute Gasteiger partial charge is 0.495 e. The Bertz CT molecular complexity index is 1250. The zero-order valence-electron chi connectivity index (χ0n) is 16.0. The van der Waals surface area contributed by atoms with Crippen molar-refractivity contribution in [3.05, 3.63) is 75.9 Å². The number of methoxy groups -OCH3 is 1. The number of thiazole rings is 1. The third-order valence-corrected chi connectivity index (χ3v) is 5.40. The summed E-state index contributed by atoms with van der Waals surface area (Å²) < 4.78 is 6.86. The zero-order valence-corrected chi connectivity index (χ0v) is 16.8. The van der Waals surface area contributed by atoms with Gasteiger partial charge in [-0.3, -0.25) is 14.2 Å². The first-order chi connectivity index (χ1) is 14.1. The quantitative estimate of drug-likeness (QED) is 0.543. The van der Waals surface area contributed by atoms with Crippen LogP contribution in [0.4, 0.5) is 5.13 Å². The van der Waals surface area contributed by atoms with Gasteiger partial charge in [-0.1, -0.05) is 42.5 Å². The Hall–Kier alpha value is -3.45. The first-order valence-corrected chi connectivity index (χ1v) is 9.93. The third-order valence-electron chi connectivity index (χ3n) is 4.64. The van der Waals surface area contributed by atoms with Gasteiger partial charge in [-0.15, -0.1) is 11.3 Å². The summed E-state index contributed by atoms with van der Waals surface area (Å²) in [7, 11) is 1.55. The first-order valence-electron chi connectivity index (χ1n) is 9.05. The molecule has 146 valence electrons. The van der Waals surface area contributed by atoms with Crippen molar-refractivity contribution in [2.75, 3.05) is 12.4 Å². The molecule has 0 fully saturated rings. The zero-order chi connectivity index (χ0) is 20.4. The number of fused-ring (bicyclic) bond motifs is 1. The summed E-state index contributed by atoms with van der Waals surface area (Å²) in [5.74, 6) is 0.230. The standard InChI is InChI=1S/C22H19N3O3S/c1-14-11-20(27)25(21-16(14)9-6-10-18(21)28-2)12-19(26)24-22-23-17(13-29-22)15-7-4-3-5-8-15/h3-11,13H,12H2,1-2H3,(H,23,24,26). The fourth-order valence-electron chi connectivity index (χ4n) is 3.27. The van der Waals surface area contributed by atoms with Crippen LogP contribution in [0.5, 0.6) is 5.75 Å². The van der Waals surface area contributed by atoms with E-state index in [0.717, 1.165) is 22.2 Å². The summed E-state index contributed by atoms with van der Waals surface area (Å²) in [6.45, 7) is 1.74. The normalized spacial score (nSPS) is 10.8. The van der Waals surface area contributed by atoms with Crippen LogP contribution in [0.15, 0.2) is 64.8 Å². The lowest BCUT2D eigenvalue weighted by molar-refractivity contribution is -0.116. The van der Waals surface area contributed by atoms with Gasteiger partial charge in [-0.2, -0.15) is 0 Å². The highest BCUT2D eigenvalue weighted by Crippen LogP contribution is 2.27. The van der Waals surface area contributed by atoms with Gasteiger partial charge in [0.1, 0.15) is 12.3 Å². The number of nitrogens with one attached hydrogen (secondary N) is 1. The van der Waals surface area contributed by atoms with E-state index in [9.17, 15) is 9.59 Å². The molecule has 6 nitrogen and oxygen atoms in total. The smallest absolute Gasteiger partial charge is 0.251 e. The Balaban J connectivity index is 1.62. The number of benzene rings is 2. The molecular formula is C22H19N3O3S. The summed E-state index contributed by atoms with van der Waals surface area (Å²) in [5, 5.41) is 6.05. The van der Waals surface area contributed by atoms with E-state index in [1.165, 1.54) is 22.0 Å². The van der Waals surface area contributed by atoms with Crippen molar-refractivity contribution >= 4 is 33.3 Å². The lowest BCUT2D eigenvalue weighted by Gasteiger charge is -2.14. The molecule has 0 unspecified atom stereocenters. The Kier molecular flexibility index (Phi) is 5.14. The second kappa shape index (κ2) is 7.89. The third kappa shape index (κ3) is 3.77. The van der Waals surface area contributed by atoms with Crippen LogP contribution < -0.4 is 15.6 Å². The van der Waals surface area contributed by atoms with E-state index in [0.29, 0.717) is 16.4 Å². The molecule has 0 aliphatic heterocycles. The Morgan fingerprint density at radius 3 is 2.72 bits per heavy atom. The second-order valence-electron chi connectivity index (χ2n) is 6.56. The minimum Gasteiger partial charge on any atom is -0.495 e. The number of aromatic nitrogens is 2. The van der Waals surface area contributed by atoms with Gasteiger partial charge in [-0.05, 0) is 18.6 Å². The highest BCUT2D eigenvalue weighted by molar-refractivity contribution is 7.14. The molecule has 0 radical (unpaired) electrons. The van der Waals surface area contributed by atoms with Crippen molar-refractivity contribution in [3.63, 3.8) is 0 Å². The molecule has 29 heavy (non-hydrogen) atoms. The highest BCUT2D eigenvalue weighted by Gasteiger charge is 2.15. The SMILES string of the molecule is COc1cccc2c(C)cc(=O)n(CC(=O)Nc3nc(-c4ccccc4)cs3)c12. The van der Waals surface area contributed by atoms with Gasteiger partial charge < -0.3 is 10.1 Å². The molecule has 0 aliphatic carbocycles. The van der Waals surface area contributed by atoms with E-state index in [4.69, 9.17) is 4.74 Å². The van der Waals surface area contributed by atoms with Crippen LogP contribution in [0, 0.1) is 6.92 Å². The number of carbonyl (C=O) groups is 1. The molecule has 2 aromatic heterocycles. The van der Waals surface area contributed by atoms with Crippen LogP contribution >= 0.6 is 11.3 Å². The molecule has 2 heterocycles. The number of aryl methyl sites for hydroxylation is 1. The molecule has 0 bridgehead atoms. The van der Waals surface area contributed by atoms with Crippen LogP contribution in [0.3, 0.4) is 0 Å². The maximum atomic E-state index is 12.7. The summed E-state index contributed by atoms with van der Waals surface area (Å²) in [6, 6.07) is 16.8. The minimum atomic E-state index is -0.322. The van der Waals surface area contributed by atoms with Crippen molar-refractivity contribution in [2.24, 2.45) is 0 Å². The monoisotopic (exact) mass is 405 g/mol. The van der Waals surface area contributed by atoms with Gasteiger partial charge in [-0.25, -0.2) is 4.98 Å². The van der Waals surface area contributed by atoms with E-state index in [-0.39, 0.29) is 18.0 Å². The summed E-state index contributed by atoms with van der Waals surface area (Å²) in [4.78, 5) is 29.7. The molecule has 0 aliphatic rings. The van der Waals surface area contributed by atoms with Crippen molar-refractivity contribution in [1.82, 2.24) is 9.55 Å². The number of rotatable bonds is 5. The Labute approximate surface area is 171 Å². The number of hydrogen-bond donors (Lipinski definition) is 1. The van der Waals surface area contributed by atoms with Gasteiger partial charge >= 0.3 is 0 Å². The number of nitrogens with zero attached hydrogens (tertiary/aromatic N) is 2. The number of amides is 1. The van der Waals surface area contributed by atoms with Gasteiger partial charge in [0.2, 0.25) is 5.91 Å². The molecule has 4 rings (SSSR count). The first kappa shape index (κ1) is 18.9. The lowest BCUT2D eigenvalue weighted by atomic mass is 10.1. The van der Waals surface area contributed by atoms with Crippen LogP contribution in [0.1, 0.15) is 5.56 Å². The van der Waals surface area contributed by atoms with E-state index in [1.54, 1.807) is 13.2 Å². The summed E-state index contributed by atoms with van der Waals surface area (Å²) in [6.07, 6.45) is 0. The maximum Gasteiger partial charge on any atom is 0.251 e. The van der Waals surface area contributed by atoms with E-state index in [1.807, 2.05) is 54.8 Å². The van der Waals surface area contributed by atoms with Crippen LogP contribution in [-0.4, -0.2) is 22.6 Å². The van der Waals surface area contributed by atoms with E-state index >= 15 is 0 Å². The molecule has 0 spiro atoms. The predicted molar refractivity (Wildman–Crippen MR) is 116 cm³/mol. The number of pyridine rings is 1. The Morgan fingerprint density at radius 1 is 1.17 bits per heavy atom. The molecule has 0 saturated heterocycles. The number of anilines is 1. The maximum absolute atomic E-state index is 12.7. The molecule has 4 aromatic rings. The molecule has 0 saturated carbocycles. The van der Waals surface area contributed by atoms with Gasteiger partial charge in [0, 0.05) is 22.4 Å². The Morgan fingerprint density at radius 2 is 1.97 bits per heavy atom. The predicted octanol–water partition coefficient (Wildman–Crippen LogP) is 4.08. The second-order valence-corrected chi connectivity index (χ2v) is 7.42. The average molecular weight is 405 g/mol. The number of carbonyl (C=O) groups excluding carboxylic acids is 1. The topological polar surface area (TPSA) is 73.2 Å². The minimum absolute atomic E-state index is 0.129. The van der Waals surface area contributed by atoms with Crippen LogP contribution in [-0.2, 0) is 11.3 Å². The average Bonchev–Trinajstić information content (AvgIpc) is 3.19. The van der Waals surface area contributed by atoms with Crippen LogP contribution in [0.25, 0.3) is 22.2 Å². The van der Waals surface area contributed by atoms with Crippen LogP contribution in [0.2, 0.25) is 0 Å². The van der Waals surface area contributed by atoms with E-state index in [2.05, 4.69) is 10.3 Å². The van der Waals surface area contributed by atoms with Gasteiger partial charge in [0.05, 0.1) is 18.3 Å². The number of para-hydroxylation sites is 1. The number of ether oxygens (including phenoxy) is 1. The van der Waals surface area contributed by atoms with Gasteiger partial charge in [0.25, 0.3) is 5.56 Å². The van der Waals surface area contributed by atoms with Crippen molar-refractivity contribution in [3.8, 4) is 17.0 Å². The molecule has 0 atom stereocenters. The highest BCUT2D eigenvalue weighted by atomic mass is 32.1. The number of hydrogen-bond acceptors (Lipinski definition) is 5. The molecule has 2 aromatic carbocycles. The summed E-state index contributed by atoms with van der Waals surface area (Å²) >= 11 is 1.35. The van der Waals surface area contributed by atoms with Crippen molar-refractivity contribution < 1.29 is 9.53 Å². The van der Waals surface area contributed by atoms with Crippen molar-refractivity contribution in [2.45, 2.75) is 13.5 Å². The summed E-state index contributed by atoms with van der Waals surface area (Å²) in [5.41, 5.74) is 2.98. The lowest BCUT2D eigenvalue weighted by Crippen LogP contribution is -2.28. The molecule has 7 heteroatoms. The fourth-order valence-corrected chi connectivity index (χ4v) is 4.00. The molecular weight excluding hydrogens is 386 g/mol. The molecule has 1 N–H and O–H groups in total.